The van der Waals surface area contributed by atoms with Crippen LogP contribution in [-0.4, -0.2) is 44.8 Å². The molecule has 38 heavy (non-hydrogen) atoms. The van der Waals surface area contributed by atoms with Gasteiger partial charge in [-0.1, -0.05) is 50.2 Å². The Balaban J connectivity index is 1.22. The lowest BCUT2D eigenvalue weighted by atomic mass is 9.79. The highest BCUT2D eigenvalue weighted by atomic mass is 16.2. The third-order valence-electron chi connectivity index (χ3n) is 7.82. The van der Waals surface area contributed by atoms with Crippen LogP contribution in [0.5, 0.6) is 0 Å². The van der Waals surface area contributed by atoms with Crippen LogP contribution in [0.25, 0.3) is 0 Å². The molecular formula is C29H28N6O3. The maximum atomic E-state index is 13.3. The highest BCUT2D eigenvalue weighted by molar-refractivity contribution is 6.41. The minimum atomic E-state index is -0.982. The number of aliphatic imine (C=N–C) groups is 1. The Bertz CT molecular complexity index is 1520. The van der Waals surface area contributed by atoms with Crippen molar-refractivity contribution in [2.24, 2.45) is 10.9 Å². The van der Waals surface area contributed by atoms with Crippen molar-refractivity contribution in [1.82, 2.24) is 14.9 Å². The lowest BCUT2D eigenvalue weighted by Gasteiger charge is -2.33. The fourth-order valence-electron chi connectivity index (χ4n) is 5.80. The minimum Gasteiger partial charge on any atom is -0.310 e. The summed E-state index contributed by atoms with van der Waals surface area (Å²) in [6.45, 7) is 5.53. The van der Waals surface area contributed by atoms with Gasteiger partial charge in [-0.3, -0.25) is 24.3 Å². The lowest BCUT2D eigenvalue weighted by molar-refractivity contribution is -0.133. The molecule has 1 aliphatic carbocycles. The fraction of sp³-hybridized carbons (Fsp3) is 0.310. The van der Waals surface area contributed by atoms with Gasteiger partial charge in [0.1, 0.15) is 23.9 Å². The van der Waals surface area contributed by atoms with Crippen molar-refractivity contribution in [2.75, 3.05) is 17.2 Å². The third-order valence-corrected chi connectivity index (χ3v) is 7.82. The molecule has 0 saturated carbocycles. The van der Waals surface area contributed by atoms with Crippen molar-refractivity contribution in [3.05, 3.63) is 83.2 Å². The summed E-state index contributed by atoms with van der Waals surface area (Å²) in [4.78, 5) is 54.5. The molecule has 9 nitrogen and oxygen atoms in total. The average Bonchev–Trinajstić information content (AvgIpc) is 3.51. The lowest BCUT2D eigenvalue weighted by Crippen LogP contribution is -2.47. The second kappa shape index (κ2) is 8.58. The number of anilines is 2. The minimum absolute atomic E-state index is 0.0679. The van der Waals surface area contributed by atoms with Crippen LogP contribution in [0.2, 0.25) is 0 Å². The van der Waals surface area contributed by atoms with E-state index in [-0.39, 0.29) is 30.2 Å². The number of benzene rings is 1. The van der Waals surface area contributed by atoms with E-state index in [4.69, 9.17) is 4.99 Å². The Kier molecular flexibility index (Phi) is 5.41. The van der Waals surface area contributed by atoms with Crippen LogP contribution in [0.3, 0.4) is 0 Å². The zero-order valence-corrected chi connectivity index (χ0v) is 21.5. The molecule has 0 saturated heterocycles. The Morgan fingerprint density at radius 3 is 2.61 bits per heavy atom. The molecule has 2 aliphatic heterocycles. The smallest absolute Gasteiger partial charge is 0.270 e. The van der Waals surface area contributed by atoms with E-state index >= 15 is 0 Å². The fourth-order valence-corrected chi connectivity index (χ4v) is 5.80. The summed E-state index contributed by atoms with van der Waals surface area (Å²) in [5, 5.41) is 5.75. The first-order chi connectivity index (χ1) is 18.2. The molecule has 1 spiro atoms. The summed E-state index contributed by atoms with van der Waals surface area (Å²) >= 11 is 0. The largest absolute Gasteiger partial charge is 0.310 e. The van der Waals surface area contributed by atoms with Gasteiger partial charge in [0, 0.05) is 23.9 Å². The number of nitrogens with one attached hydrogen (secondary N) is 2. The summed E-state index contributed by atoms with van der Waals surface area (Å²) < 4.78 is 0. The van der Waals surface area contributed by atoms with Gasteiger partial charge in [0.05, 0.1) is 5.41 Å². The summed E-state index contributed by atoms with van der Waals surface area (Å²) in [5.41, 5.74) is 2.41. The predicted molar refractivity (Wildman–Crippen MR) is 143 cm³/mol. The van der Waals surface area contributed by atoms with E-state index < -0.39 is 11.1 Å². The highest BCUT2D eigenvalue weighted by Gasteiger charge is 2.51. The third kappa shape index (κ3) is 3.60. The normalized spacial score (nSPS) is 23.5. The molecule has 0 radical (unpaired) electrons. The molecule has 3 aromatic rings. The number of carbonyl (C=O) groups is 3. The van der Waals surface area contributed by atoms with Gasteiger partial charge in [0.25, 0.3) is 5.91 Å². The molecule has 2 aromatic heterocycles. The molecule has 3 aliphatic rings. The van der Waals surface area contributed by atoms with Gasteiger partial charge in [-0.05, 0) is 48.6 Å². The van der Waals surface area contributed by atoms with Gasteiger partial charge < -0.3 is 10.6 Å². The van der Waals surface area contributed by atoms with Crippen LogP contribution in [-0.2, 0) is 38.3 Å². The number of fused-ring (bicyclic) bond motifs is 3. The molecule has 1 aromatic carbocycles. The molecule has 9 heteroatoms. The predicted octanol–water partition coefficient (Wildman–Crippen LogP) is 3.22. The Hall–Kier alpha value is -4.40. The molecule has 0 fully saturated rings. The molecule has 6 rings (SSSR count). The first kappa shape index (κ1) is 24.0. The van der Waals surface area contributed by atoms with Gasteiger partial charge in [-0.15, -0.1) is 0 Å². The number of carbonyl (C=O) groups excluding carboxylic acids is 3. The van der Waals surface area contributed by atoms with Crippen LogP contribution in [0.4, 0.5) is 11.6 Å². The second-order valence-electron chi connectivity index (χ2n) is 10.6. The van der Waals surface area contributed by atoms with Crippen molar-refractivity contribution >= 4 is 35.1 Å². The molecule has 0 bridgehead atoms. The van der Waals surface area contributed by atoms with Crippen LogP contribution < -0.4 is 10.6 Å². The summed E-state index contributed by atoms with van der Waals surface area (Å²) in [6.07, 6.45) is 4.41. The monoisotopic (exact) mass is 508 g/mol. The van der Waals surface area contributed by atoms with Gasteiger partial charge in [-0.25, -0.2) is 9.97 Å². The maximum Gasteiger partial charge on any atom is 0.270 e. The van der Waals surface area contributed by atoms with E-state index in [1.54, 1.807) is 12.4 Å². The average molecular weight is 509 g/mol. The van der Waals surface area contributed by atoms with Crippen LogP contribution in [0.15, 0.2) is 65.9 Å². The second-order valence-corrected chi connectivity index (χ2v) is 10.6. The number of nitrogens with zero attached hydrogens (tertiary/aromatic N) is 4. The summed E-state index contributed by atoms with van der Waals surface area (Å²) in [6, 6.07) is 15.1. The first-order valence-corrected chi connectivity index (χ1v) is 12.7. The Morgan fingerprint density at radius 2 is 1.84 bits per heavy atom. The molecular weight excluding hydrogens is 480 g/mol. The summed E-state index contributed by atoms with van der Waals surface area (Å²) in [7, 11) is 0. The van der Waals surface area contributed by atoms with E-state index in [9.17, 15) is 14.4 Å². The molecule has 192 valence electrons. The topological polar surface area (TPSA) is 117 Å². The van der Waals surface area contributed by atoms with Crippen molar-refractivity contribution in [3.63, 3.8) is 0 Å². The van der Waals surface area contributed by atoms with E-state index in [2.05, 4.69) is 20.6 Å². The van der Waals surface area contributed by atoms with E-state index in [1.807, 2.05) is 69.3 Å². The van der Waals surface area contributed by atoms with Gasteiger partial charge in [-0.2, -0.15) is 0 Å². The zero-order valence-electron chi connectivity index (χ0n) is 21.5. The van der Waals surface area contributed by atoms with Gasteiger partial charge in [0.2, 0.25) is 11.8 Å². The Morgan fingerprint density at radius 1 is 1.08 bits per heavy atom. The van der Waals surface area contributed by atoms with Gasteiger partial charge in [0.15, 0.2) is 5.66 Å². The maximum absolute atomic E-state index is 13.3. The number of hydrogen-bond donors (Lipinski definition) is 2. The van der Waals surface area contributed by atoms with E-state index in [1.165, 1.54) is 4.90 Å². The van der Waals surface area contributed by atoms with Crippen LogP contribution in [0, 0.1) is 5.92 Å². The van der Waals surface area contributed by atoms with Crippen molar-refractivity contribution < 1.29 is 14.4 Å². The van der Waals surface area contributed by atoms with Crippen molar-refractivity contribution in [3.8, 4) is 0 Å². The molecule has 3 amide bonds. The molecule has 2 N–H and O–H groups in total. The highest BCUT2D eigenvalue weighted by Crippen LogP contribution is 2.46. The summed E-state index contributed by atoms with van der Waals surface area (Å²) in [5.74, 6) is 0.234. The number of hydrogen-bond acceptors (Lipinski definition) is 6. The van der Waals surface area contributed by atoms with Crippen LogP contribution >= 0.6 is 0 Å². The SMILES string of the molecule is CC(C)C1=N[C@@](C)(c2ccccc2)N(CC(=O)Nc2cc3c(cn2)C[C@]2(C3)C(=O)Nc3ncccc32)C1=O. The molecule has 0 unspecified atom stereocenters. The standard InChI is InChI=1S/C29H28N6O3/c1-17(2)24-26(37)35(28(3,34-24)20-8-5-4-6-9-20)16-23(36)32-22-12-18-13-29(14-19(18)15-31-22)21-10-7-11-30-25(21)33-27(29)38/h4-12,15,17H,13-14,16H2,1-3H3,(H,30,33,38)(H,31,32,36)/t28-,29+/m1/s1. The zero-order chi connectivity index (χ0) is 26.7. The first-order valence-electron chi connectivity index (χ1n) is 12.7. The number of aromatic nitrogens is 2. The molecule has 2 atom stereocenters. The van der Waals surface area contributed by atoms with Crippen molar-refractivity contribution in [2.45, 2.75) is 44.7 Å². The van der Waals surface area contributed by atoms with Crippen molar-refractivity contribution in [1.29, 1.82) is 0 Å². The van der Waals surface area contributed by atoms with E-state index in [0.29, 0.717) is 30.2 Å². The van der Waals surface area contributed by atoms with Crippen LogP contribution in [0.1, 0.15) is 43.0 Å². The molecule has 4 heterocycles. The number of pyridine rings is 2. The van der Waals surface area contributed by atoms with Gasteiger partial charge >= 0.3 is 0 Å². The quantitative estimate of drug-likeness (QED) is 0.549. The number of amides is 3. The number of rotatable bonds is 5. The van der Waals surface area contributed by atoms with E-state index in [0.717, 1.165) is 22.3 Å². The Labute approximate surface area is 220 Å².